The molecule has 0 radical (unpaired) electrons. The molecule has 8 atom stereocenters. The summed E-state index contributed by atoms with van der Waals surface area (Å²) in [6.45, 7) is 13.7. The molecule has 4 aliphatic rings. The van der Waals surface area contributed by atoms with Crippen LogP contribution in [0.15, 0.2) is 66.9 Å². The van der Waals surface area contributed by atoms with Crippen molar-refractivity contribution in [3.8, 4) is 0 Å². The van der Waals surface area contributed by atoms with Crippen LogP contribution in [-0.4, -0.2) is 103 Å². The van der Waals surface area contributed by atoms with Crippen molar-refractivity contribution in [3.05, 3.63) is 83.7 Å². The number of rotatable bonds is 15. The third kappa shape index (κ3) is 9.90. The molecule has 5 heterocycles. The molecule has 3 aromatic rings. The first-order valence-electron chi connectivity index (χ1n) is 21.4. The van der Waals surface area contributed by atoms with Crippen LogP contribution in [0, 0.1) is 22.7 Å². The van der Waals surface area contributed by atoms with Crippen LogP contribution < -0.4 is 10.6 Å². The maximum atomic E-state index is 14.1. The van der Waals surface area contributed by atoms with E-state index >= 15 is 0 Å². The SMILES string of the molecule is C[C@H]1CCSC2CC(C)(C)[C@@H](C(=O)N[C@H](COCCn3cc(COC[C@@H](NC(=O)[C@H]4N5C(=O)[C@@H](C)CCSC5CC4(C)C)c4ccccc4)nn3)c3ccccc3)N2C1=O. The van der Waals surface area contributed by atoms with Crippen LogP contribution in [-0.2, 0) is 41.8 Å². The quantitative estimate of drug-likeness (QED) is 0.175. The van der Waals surface area contributed by atoms with Crippen molar-refractivity contribution in [2.45, 2.75) is 115 Å². The summed E-state index contributed by atoms with van der Waals surface area (Å²) in [5.41, 5.74) is 1.72. The van der Waals surface area contributed by atoms with Gasteiger partial charge < -0.3 is 29.9 Å². The largest absolute Gasteiger partial charge is 0.377 e. The molecule has 0 bridgehead atoms. The van der Waals surface area contributed by atoms with Gasteiger partial charge in [0.2, 0.25) is 23.6 Å². The summed E-state index contributed by atoms with van der Waals surface area (Å²) < 4.78 is 14.0. The highest BCUT2D eigenvalue weighted by molar-refractivity contribution is 8.00. The van der Waals surface area contributed by atoms with Gasteiger partial charge in [-0.25, -0.2) is 4.68 Å². The fraction of sp³-hybridized carbons (Fsp3) is 0.600. The molecule has 2 unspecified atom stereocenters. The van der Waals surface area contributed by atoms with Crippen LogP contribution in [0.2, 0.25) is 0 Å². The average molecular weight is 860 g/mol. The van der Waals surface area contributed by atoms with Crippen LogP contribution in [0.25, 0.3) is 0 Å². The van der Waals surface area contributed by atoms with E-state index in [0.717, 1.165) is 48.3 Å². The van der Waals surface area contributed by atoms with Crippen LogP contribution >= 0.6 is 23.5 Å². The average Bonchev–Trinajstić information content (AvgIpc) is 3.82. The maximum Gasteiger partial charge on any atom is 0.243 e. The molecule has 13 nitrogen and oxygen atoms in total. The number of nitrogens with zero attached hydrogens (tertiary/aromatic N) is 5. The Morgan fingerprint density at radius 1 is 0.750 bits per heavy atom. The number of benzene rings is 2. The molecule has 0 aliphatic carbocycles. The molecule has 1 aromatic heterocycles. The second kappa shape index (κ2) is 19.0. The zero-order valence-corrected chi connectivity index (χ0v) is 37.4. The predicted octanol–water partition coefficient (Wildman–Crippen LogP) is 5.98. The number of nitrogens with one attached hydrogen (secondary N) is 2. The monoisotopic (exact) mass is 859 g/mol. The first kappa shape index (κ1) is 44.1. The number of carbonyl (C=O) groups excluding carboxylic acids is 4. The Labute approximate surface area is 362 Å². The second-order valence-corrected chi connectivity index (χ2v) is 20.8. The lowest BCUT2D eigenvalue weighted by atomic mass is 9.83. The minimum Gasteiger partial charge on any atom is -0.377 e. The van der Waals surface area contributed by atoms with Crippen LogP contribution in [0.1, 0.15) is 96.1 Å². The van der Waals surface area contributed by atoms with Crippen LogP contribution in [0.4, 0.5) is 0 Å². The zero-order valence-electron chi connectivity index (χ0n) is 35.7. The smallest absolute Gasteiger partial charge is 0.243 e. The number of hydrogen-bond donors (Lipinski definition) is 2. The van der Waals surface area contributed by atoms with E-state index in [4.69, 9.17) is 9.47 Å². The summed E-state index contributed by atoms with van der Waals surface area (Å²) in [7, 11) is 0. The Morgan fingerprint density at radius 2 is 1.22 bits per heavy atom. The lowest BCUT2D eigenvalue weighted by Crippen LogP contribution is -2.54. The van der Waals surface area contributed by atoms with Crippen molar-refractivity contribution in [1.82, 2.24) is 35.4 Å². The van der Waals surface area contributed by atoms with E-state index in [1.54, 1.807) is 28.2 Å². The molecule has 4 aliphatic heterocycles. The number of hydrogen-bond acceptors (Lipinski definition) is 10. The van der Waals surface area contributed by atoms with Crippen LogP contribution in [0.3, 0.4) is 0 Å². The van der Waals surface area contributed by atoms with Gasteiger partial charge in [-0.15, -0.1) is 28.6 Å². The Kier molecular flexibility index (Phi) is 14.0. The van der Waals surface area contributed by atoms with Crippen molar-refractivity contribution < 1.29 is 28.7 Å². The zero-order chi connectivity index (χ0) is 42.6. The Morgan fingerprint density at radius 3 is 1.70 bits per heavy atom. The van der Waals surface area contributed by atoms with Gasteiger partial charge >= 0.3 is 0 Å². The number of aromatic nitrogens is 3. The fourth-order valence-electron chi connectivity index (χ4n) is 9.17. The number of ether oxygens (including phenoxy) is 2. The highest BCUT2D eigenvalue weighted by Gasteiger charge is 2.55. The predicted molar refractivity (Wildman–Crippen MR) is 233 cm³/mol. The first-order chi connectivity index (χ1) is 28.7. The lowest BCUT2D eigenvalue weighted by molar-refractivity contribution is -0.144. The number of carbonyl (C=O) groups is 4. The van der Waals surface area contributed by atoms with Gasteiger partial charge in [0.15, 0.2) is 0 Å². The van der Waals surface area contributed by atoms with Gasteiger partial charge in [-0.2, -0.15) is 0 Å². The molecule has 60 heavy (non-hydrogen) atoms. The summed E-state index contributed by atoms with van der Waals surface area (Å²) in [5, 5.41) is 15.1. The van der Waals surface area contributed by atoms with Crippen LogP contribution in [0.5, 0.6) is 0 Å². The van der Waals surface area contributed by atoms with E-state index in [-0.39, 0.29) is 76.9 Å². The summed E-state index contributed by atoms with van der Waals surface area (Å²) in [6.07, 6.45) is 5.00. The third-order valence-corrected chi connectivity index (χ3v) is 15.0. The lowest BCUT2D eigenvalue weighted by Gasteiger charge is -2.34. The van der Waals surface area contributed by atoms with Crippen molar-refractivity contribution in [1.29, 1.82) is 0 Å². The van der Waals surface area contributed by atoms with Crippen molar-refractivity contribution in [2.75, 3.05) is 31.3 Å². The molecular formula is C45H61N7O6S2. The molecule has 0 saturated carbocycles. The van der Waals surface area contributed by atoms with E-state index in [0.29, 0.717) is 18.8 Å². The summed E-state index contributed by atoms with van der Waals surface area (Å²) in [6, 6.07) is 17.5. The third-order valence-electron chi connectivity index (χ3n) is 12.5. The van der Waals surface area contributed by atoms with Gasteiger partial charge in [-0.05, 0) is 59.1 Å². The standard InChI is InChI=1S/C45H61N7O6S2/c1-29-17-21-59-36-23-44(3,4)38(51(36)42(29)55)40(53)46-34(31-13-9-7-10-14-31)27-57-20-19-50-25-33(48-49-50)26-58-28-35(32-15-11-8-12-16-32)47-41(54)39-45(5,6)24-37-52(39)43(56)30(2)18-22-60-37/h7-16,25,29-30,34-39H,17-24,26-28H2,1-6H3,(H,46,53)(H,47,54)/t29-,30-,34+,35+,36?,37?,38+,39+/m0/s1. The van der Waals surface area contributed by atoms with E-state index < -0.39 is 24.2 Å². The molecule has 4 amide bonds. The maximum absolute atomic E-state index is 14.1. The highest BCUT2D eigenvalue weighted by atomic mass is 32.2. The van der Waals surface area contributed by atoms with E-state index in [2.05, 4.69) is 48.6 Å². The highest BCUT2D eigenvalue weighted by Crippen LogP contribution is 2.48. The fourth-order valence-corrected chi connectivity index (χ4v) is 12.6. The molecule has 4 fully saturated rings. The Balaban J connectivity index is 0.931. The summed E-state index contributed by atoms with van der Waals surface area (Å²) in [4.78, 5) is 59.0. The van der Waals surface area contributed by atoms with E-state index in [9.17, 15) is 19.2 Å². The summed E-state index contributed by atoms with van der Waals surface area (Å²) in [5.74, 6) is 1.39. The van der Waals surface area contributed by atoms with Gasteiger partial charge in [0, 0.05) is 11.8 Å². The molecule has 15 heteroatoms. The van der Waals surface area contributed by atoms with Gasteiger partial charge in [0.1, 0.15) is 17.8 Å². The van der Waals surface area contributed by atoms with E-state index in [1.165, 1.54) is 0 Å². The topological polar surface area (TPSA) is 148 Å². The van der Waals surface area contributed by atoms with Gasteiger partial charge in [0.05, 0.1) is 62.0 Å². The van der Waals surface area contributed by atoms with Crippen molar-refractivity contribution in [3.63, 3.8) is 0 Å². The van der Waals surface area contributed by atoms with Gasteiger partial charge in [0.25, 0.3) is 0 Å². The Bertz CT molecular complexity index is 1960. The molecule has 0 spiro atoms. The molecule has 7 rings (SSSR count). The van der Waals surface area contributed by atoms with E-state index in [1.807, 2.05) is 90.5 Å². The molecular weight excluding hydrogens is 799 g/mol. The first-order valence-corrected chi connectivity index (χ1v) is 23.5. The molecule has 324 valence electrons. The summed E-state index contributed by atoms with van der Waals surface area (Å²) >= 11 is 3.57. The number of fused-ring (bicyclic) bond motifs is 2. The number of thioether (sulfide) groups is 2. The number of amides is 4. The van der Waals surface area contributed by atoms with Crippen molar-refractivity contribution >= 4 is 47.2 Å². The molecule has 4 saturated heterocycles. The Hall–Kier alpha value is -3.92. The normalized spacial score (nSPS) is 27.0. The molecule has 2 N–H and O–H groups in total. The minimum absolute atomic E-state index is 0.00177. The van der Waals surface area contributed by atoms with Gasteiger partial charge in [-0.3, -0.25) is 19.2 Å². The van der Waals surface area contributed by atoms with Gasteiger partial charge in [-0.1, -0.05) is 107 Å². The molecule has 2 aromatic carbocycles. The minimum atomic E-state index is -0.573. The second-order valence-electron chi connectivity index (χ2n) is 18.2. The van der Waals surface area contributed by atoms with Crippen molar-refractivity contribution in [2.24, 2.45) is 22.7 Å².